The highest BCUT2D eigenvalue weighted by molar-refractivity contribution is 7.87. The van der Waals surface area contributed by atoms with Crippen LogP contribution in [-0.4, -0.2) is 26.0 Å². The summed E-state index contributed by atoms with van der Waals surface area (Å²) >= 11 is 5.05. The second-order valence-corrected chi connectivity index (χ2v) is 4.52. The highest BCUT2D eigenvalue weighted by Crippen LogP contribution is 1.99. The maximum atomic E-state index is 10.6. The molecule has 12 heavy (non-hydrogen) atoms. The minimum absolute atomic E-state index is 0.0156. The van der Waals surface area contributed by atoms with E-state index in [9.17, 15) is 13.2 Å². The molecule has 0 amide bonds. The van der Waals surface area contributed by atoms with E-state index in [0.29, 0.717) is 12.8 Å². The normalized spacial score (nSPS) is 11.5. The first-order chi connectivity index (χ1) is 5.48. The van der Waals surface area contributed by atoms with Crippen LogP contribution < -0.4 is 0 Å². The van der Waals surface area contributed by atoms with Gasteiger partial charge in [-0.1, -0.05) is 0 Å². The Morgan fingerprint density at radius 3 is 2.50 bits per heavy atom. The summed E-state index contributed by atoms with van der Waals surface area (Å²) in [7, 11) is -3.56. The Morgan fingerprint density at radius 2 is 2.08 bits per heavy atom. The van der Waals surface area contributed by atoms with Gasteiger partial charge in [0.05, 0.1) is 6.61 Å². The first-order valence-electron chi connectivity index (χ1n) is 3.40. The van der Waals surface area contributed by atoms with Crippen molar-refractivity contribution in [3.8, 4) is 0 Å². The van der Waals surface area contributed by atoms with Crippen LogP contribution in [0.25, 0.3) is 0 Å². The lowest BCUT2D eigenvalue weighted by molar-refractivity contribution is -0.117. The molecule has 0 atom stereocenters. The standard InChI is InChI=1S/C6H11ClO4S/c1-6(8)3-2-4-11-12(9,10)5-7/h2-5H2,1H3. The van der Waals surface area contributed by atoms with E-state index < -0.39 is 15.3 Å². The van der Waals surface area contributed by atoms with Crippen molar-refractivity contribution in [3.63, 3.8) is 0 Å². The van der Waals surface area contributed by atoms with Gasteiger partial charge in [0, 0.05) is 6.42 Å². The van der Waals surface area contributed by atoms with Crippen LogP contribution in [0.5, 0.6) is 0 Å². The van der Waals surface area contributed by atoms with Gasteiger partial charge >= 0.3 is 0 Å². The lowest BCUT2D eigenvalue weighted by Crippen LogP contribution is -2.08. The number of hydrogen-bond acceptors (Lipinski definition) is 4. The Kier molecular flexibility index (Phi) is 5.44. The molecule has 0 aliphatic carbocycles. The lowest BCUT2D eigenvalue weighted by Gasteiger charge is -2.00. The molecule has 0 spiro atoms. The lowest BCUT2D eigenvalue weighted by atomic mass is 10.2. The van der Waals surface area contributed by atoms with Gasteiger partial charge in [-0.15, -0.1) is 11.6 Å². The number of alkyl halides is 1. The van der Waals surface area contributed by atoms with E-state index in [1.807, 2.05) is 0 Å². The molecule has 0 aromatic heterocycles. The fourth-order valence-electron chi connectivity index (χ4n) is 0.539. The Hall–Kier alpha value is -0.130. The summed E-state index contributed by atoms with van der Waals surface area (Å²) in [5.74, 6) is 0.0156. The average Bonchev–Trinajstić information content (AvgIpc) is 1.98. The monoisotopic (exact) mass is 214 g/mol. The third-order valence-electron chi connectivity index (χ3n) is 1.07. The molecule has 0 rings (SSSR count). The molecule has 0 aliphatic rings. The third-order valence-corrected chi connectivity index (χ3v) is 2.66. The molecule has 0 aliphatic heterocycles. The second kappa shape index (κ2) is 5.50. The Morgan fingerprint density at radius 1 is 1.50 bits per heavy atom. The molecule has 0 fully saturated rings. The summed E-state index contributed by atoms with van der Waals surface area (Å²) in [5, 5.41) is -0.549. The molecule has 0 aromatic rings. The van der Waals surface area contributed by atoms with Crippen molar-refractivity contribution in [1.82, 2.24) is 0 Å². The van der Waals surface area contributed by atoms with Crippen molar-refractivity contribution < 1.29 is 17.4 Å². The number of ketones is 1. The molecule has 0 saturated heterocycles. The van der Waals surface area contributed by atoms with Crippen LogP contribution in [0.3, 0.4) is 0 Å². The fraction of sp³-hybridized carbons (Fsp3) is 0.833. The van der Waals surface area contributed by atoms with Gasteiger partial charge in [0.25, 0.3) is 10.1 Å². The molecule has 72 valence electrons. The maximum absolute atomic E-state index is 10.6. The molecule has 0 unspecified atom stereocenters. The largest absolute Gasteiger partial charge is 0.300 e. The van der Waals surface area contributed by atoms with Gasteiger partial charge in [-0.05, 0) is 13.3 Å². The van der Waals surface area contributed by atoms with Crippen LogP contribution in [-0.2, 0) is 19.1 Å². The molecule has 0 heterocycles. The van der Waals surface area contributed by atoms with E-state index >= 15 is 0 Å². The Balaban J connectivity index is 3.51. The summed E-state index contributed by atoms with van der Waals surface area (Å²) in [6, 6.07) is 0. The van der Waals surface area contributed by atoms with E-state index in [1.165, 1.54) is 6.92 Å². The SMILES string of the molecule is CC(=O)CCCOS(=O)(=O)CCl. The van der Waals surface area contributed by atoms with Crippen molar-refractivity contribution in [2.75, 3.05) is 11.8 Å². The highest BCUT2D eigenvalue weighted by Gasteiger charge is 2.07. The maximum Gasteiger partial charge on any atom is 0.281 e. The van der Waals surface area contributed by atoms with Crippen molar-refractivity contribution in [3.05, 3.63) is 0 Å². The van der Waals surface area contributed by atoms with Gasteiger partial charge in [0.1, 0.15) is 11.0 Å². The summed E-state index contributed by atoms with van der Waals surface area (Å²) < 4.78 is 25.6. The van der Waals surface area contributed by atoms with Crippen LogP contribution in [0.4, 0.5) is 0 Å². The Bertz CT molecular complexity index is 234. The molecule has 0 N–H and O–H groups in total. The van der Waals surface area contributed by atoms with E-state index in [4.69, 9.17) is 11.6 Å². The first kappa shape index (κ1) is 11.9. The van der Waals surface area contributed by atoms with Gasteiger partial charge in [0.15, 0.2) is 0 Å². The number of halogens is 1. The number of Topliss-reactive ketones (excluding diaryl/α,β-unsaturated/α-hetero) is 1. The molecule has 0 saturated carbocycles. The molecular weight excluding hydrogens is 204 g/mol. The number of carbonyl (C=O) groups is 1. The van der Waals surface area contributed by atoms with E-state index in [-0.39, 0.29) is 12.4 Å². The smallest absolute Gasteiger partial charge is 0.281 e. The average molecular weight is 215 g/mol. The zero-order valence-corrected chi connectivity index (χ0v) is 8.32. The van der Waals surface area contributed by atoms with Crippen molar-refractivity contribution in [1.29, 1.82) is 0 Å². The highest BCUT2D eigenvalue weighted by atomic mass is 35.5. The summed E-state index contributed by atoms with van der Waals surface area (Å²) in [6.45, 7) is 1.46. The number of hydrogen-bond donors (Lipinski definition) is 0. The van der Waals surface area contributed by atoms with Gasteiger partial charge < -0.3 is 4.79 Å². The van der Waals surface area contributed by atoms with Gasteiger partial charge in [0.2, 0.25) is 0 Å². The second-order valence-electron chi connectivity index (χ2n) is 2.29. The minimum Gasteiger partial charge on any atom is -0.300 e. The zero-order valence-electron chi connectivity index (χ0n) is 6.75. The van der Waals surface area contributed by atoms with Crippen LogP contribution in [0, 0.1) is 0 Å². The fourth-order valence-corrected chi connectivity index (χ4v) is 1.16. The van der Waals surface area contributed by atoms with Crippen molar-refractivity contribution >= 4 is 27.5 Å². The molecule has 0 aromatic carbocycles. The zero-order chi connectivity index (χ0) is 9.61. The summed E-state index contributed by atoms with van der Waals surface area (Å²) in [4.78, 5) is 10.4. The molecule has 0 radical (unpaired) electrons. The van der Waals surface area contributed by atoms with Crippen LogP contribution in [0.2, 0.25) is 0 Å². The van der Waals surface area contributed by atoms with E-state index in [1.54, 1.807) is 0 Å². The van der Waals surface area contributed by atoms with E-state index in [0.717, 1.165) is 0 Å². The predicted molar refractivity (Wildman–Crippen MR) is 45.5 cm³/mol. The molecule has 0 bridgehead atoms. The van der Waals surface area contributed by atoms with Gasteiger partial charge in [-0.2, -0.15) is 8.42 Å². The van der Waals surface area contributed by atoms with Crippen LogP contribution in [0.15, 0.2) is 0 Å². The minimum atomic E-state index is -3.56. The van der Waals surface area contributed by atoms with Crippen molar-refractivity contribution in [2.45, 2.75) is 19.8 Å². The Labute approximate surface area is 77.0 Å². The van der Waals surface area contributed by atoms with Crippen LogP contribution in [0.1, 0.15) is 19.8 Å². The quantitative estimate of drug-likeness (QED) is 0.375. The topological polar surface area (TPSA) is 60.4 Å². The van der Waals surface area contributed by atoms with Crippen molar-refractivity contribution in [2.24, 2.45) is 0 Å². The summed E-state index contributed by atoms with van der Waals surface area (Å²) in [6.07, 6.45) is 0.739. The van der Waals surface area contributed by atoms with Gasteiger partial charge in [-0.25, -0.2) is 0 Å². The molecular formula is C6H11ClO4S. The van der Waals surface area contributed by atoms with E-state index in [2.05, 4.69) is 4.18 Å². The molecule has 4 nitrogen and oxygen atoms in total. The predicted octanol–water partition coefficient (Wildman–Crippen LogP) is 0.898. The number of carbonyl (C=O) groups excluding carboxylic acids is 1. The summed E-state index contributed by atoms with van der Waals surface area (Å²) in [5.41, 5.74) is 0. The number of rotatable bonds is 6. The first-order valence-corrected chi connectivity index (χ1v) is 5.51. The van der Waals surface area contributed by atoms with Crippen LogP contribution >= 0.6 is 11.6 Å². The molecule has 6 heteroatoms. The van der Waals surface area contributed by atoms with Gasteiger partial charge in [-0.3, -0.25) is 4.18 Å². The third kappa shape index (κ3) is 6.57.